The smallest absolute Gasteiger partial charge is 0.222 e. The third-order valence-corrected chi connectivity index (χ3v) is 2.56. The molecule has 1 atom stereocenters. The topological polar surface area (TPSA) is 20.3 Å². The minimum atomic E-state index is 0.291. The number of carbonyl (C=O) groups excluding carboxylic acids is 1. The number of rotatable bonds is 2. The predicted molar refractivity (Wildman–Crippen MR) is 49.8 cm³/mol. The summed E-state index contributed by atoms with van der Waals surface area (Å²) in [5.74, 6) is 0.291. The molecule has 1 saturated heterocycles. The third-order valence-electron chi connectivity index (χ3n) is 2.56. The molecule has 1 aliphatic rings. The van der Waals surface area contributed by atoms with Gasteiger partial charge in [-0.3, -0.25) is 4.79 Å². The van der Waals surface area contributed by atoms with Crippen molar-refractivity contribution in [1.29, 1.82) is 0 Å². The standard InChI is InChI=1S/C10H17NO/c1-3-6-9-7-4-5-8-10(12)11(9)2/h3,9H,1,4-8H2,2H3/t9-/m0/s1. The molecule has 0 aromatic heterocycles. The molecule has 0 aliphatic carbocycles. The number of hydrogen-bond donors (Lipinski definition) is 0. The van der Waals surface area contributed by atoms with Crippen LogP contribution in [0.2, 0.25) is 0 Å². The van der Waals surface area contributed by atoms with E-state index in [1.54, 1.807) is 0 Å². The number of likely N-dealkylation sites (tertiary alicyclic amines) is 1. The van der Waals surface area contributed by atoms with Crippen molar-refractivity contribution in [3.8, 4) is 0 Å². The Morgan fingerprint density at radius 1 is 1.67 bits per heavy atom. The number of amides is 1. The van der Waals surface area contributed by atoms with E-state index in [2.05, 4.69) is 6.58 Å². The third kappa shape index (κ3) is 2.10. The van der Waals surface area contributed by atoms with Crippen LogP contribution in [0.5, 0.6) is 0 Å². The summed E-state index contributed by atoms with van der Waals surface area (Å²) in [6, 6.07) is 0.400. The van der Waals surface area contributed by atoms with E-state index in [4.69, 9.17) is 0 Å². The van der Waals surface area contributed by atoms with Crippen molar-refractivity contribution < 1.29 is 4.79 Å². The summed E-state index contributed by atoms with van der Waals surface area (Å²) in [4.78, 5) is 13.3. The molecular weight excluding hydrogens is 150 g/mol. The Bertz CT molecular complexity index is 177. The van der Waals surface area contributed by atoms with Gasteiger partial charge in [0, 0.05) is 19.5 Å². The number of carbonyl (C=O) groups is 1. The van der Waals surface area contributed by atoms with Crippen LogP contribution in [-0.4, -0.2) is 23.9 Å². The van der Waals surface area contributed by atoms with E-state index in [1.165, 1.54) is 6.42 Å². The first-order valence-corrected chi connectivity index (χ1v) is 4.62. The maximum absolute atomic E-state index is 11.4. The first kappa shape index (κ1) is 9.30. The fraction of sp³-hybridized carbons (Fsp3) is 0.700. The van der Waals surface area contributed by atoms with Gasteiger partial charge in [0.2, 0.25) is 5.91 Å². The fourth-order valence-electron chi connectivity index (χ4n) is 1.70. The van der Waals surface area contributed by atoms with Crippen molar-refractivity contribution in [1.82, 2.24) is 4.90 Å². The summed E-state index contributed by atoms with van der Waals surface area (Å²) in [5, 5.41) is 0. The molecule has 0 unspecified atom stereocenters. The Morgan fingerprint density at radius 3 is 3.08 bits per heavy atom. The normalized spacial score (nSPS) is 25.2. The second kappa shape index (κ2) is 4.29. The zero-order chi connectivity index (χ0) is 8.97. The second-order valence-electron chi connectivity index (χ2n) is 3.43. The Kier molecular flexibility index (Phi) is 3.32. The molecule has 0 saturated carbocycles. The maximum atomic E-state index is 11.4. The first-order valence-electron chi connectivity index (χ1n) is 4.62. The zero-order valence-electron chi connectivity index (χ0n) is 7.75. The molecule has 1 fully saturated rings. The molecule has 0 spiro atoms. The molecule has 1 heterocycles. The van der Waals surface area contributed by atoms with Gasteiger partial charge >= 0.3 is 0 Å². The summed E-state index contributed by atoms with van der Waals surface area (Å²) in [6.07, 6.45) is 6.92. The van der Waals surface area contributed by atoms with Gasteiger partial charge in [-0.15, -0.1) is 6.58 Å². The highest BCUT2D eigenvalue weighted by Gasteiger charge is 2.21. The summed E-state index contributed by atoms with van der Waals surface area (Å²) < 4.78 is 0. The van der Waals surface area contributed by atoms with E-state index in [9.17, 15) is 4.79 Å². The molecule has 2 nitrogen and oxygen atoms in total. The molecule has 0 aromatic carbocycles. The first-order chi connectivity index (χ1) is 5.75. The summed E-state index contributed by atoms with van der Waals surface area (Å²) in [5.41, 5.74) is 0. The van der Waals surface area contributed by atoms with Crippen LogP contribution in [0.4, 0.5) is 0 Å². The average Bonchev–Trinajstić information content (AvgIpc) is 2.20. The molecule has 2 heteroatoms. The van der Waals surface area contributed by atoms with E-state index in [0.29, 0.717) is 11.9 Å². The van der Waals surface area contributed by atoms with Gasteiger partial charge in [-0.2, -0.15) is 0 Å². The van der Waals surface area contributed by atoms with Crippen LogP contribution < -0.4 is 0 Å². The second-order valence-corrected chi connectivity index (χ2v) is 3.43. The minimum absolute atomic E-state index is 0.291. The maximum Gasteiger partial charge on any atom is 0.222 e. The number of nitrogens with zero attached hydrogens (tertiary/aromatic N) is 1. The molecule has 1 rings (SSSR count). The highest BCUT2D eigenvalue weighted by molar-refractivity contribution is 5.76. The molecular formula is C10H17NO. The lowest BCUT2D eigenvalue weighted by atomic mass is 10.1. The van der Waals surface area contributed by atoms with E-state index < -0.39 is 0 Å². The highest BCUT2D eigenvalue weighted by atomic mass is 16.2. The number of hydrogen-bond acceptors (Lipinski definition) is 1. The van der Waals surface area contributed by atoms with E-state index in [1.807, 2.05) is 18.0 Å². The SMILES string of the molecule is C=CC[C@H]1CCCCC(=O)N1C. The Balaban J connectivity index is 2.57. The monoisotopic (exact) mass is 167 g/mol. The molecule has 0 radical (unpaired) electrons. The fourth-order valence-corrected chi connectivity index (χ4v) is 1.70. The van der Waals surface area contributed by atoms with Crippen LogP contribution in [0.3, 0.4) is 0 Å². The van der Waals surface area contributed by atoms with Crippen molar-refractivity contribution in [2.24, 2.45) is 0 Å². The lowest BCUT2D eigenvalue weighted by Crippen LogP contribution is -2.34. The quantitative estimate of drug-likeness (QED) is 0.576. The van der Waals surface area contributed by atoms with Gasteiger partial charge < -0.3 is 4.90 Å². The van der Waals surface area contributed by atoms with Crippen LogP contribution in [0.25, 0.3) is 0 Å². The van der Waals surface area contributed by atoms with Gasteiger partial charge in [-0.1, -0.05) is 12.5 Å². The van der Waals surface area contributed by atoms with Gasteiger partial charge in [0.15, 0.2) is 0 Å². The van der Waals surface area contributed by atoms with Gasteiger partial charge in [0.05, 0.1) is 0 Å². The molecule has 1 amide bonds. The molecule has 12 heavy (non-hydrogen) atoms. The average molecular weight is 167 g/mol. The van der Waals surface area contributed by atoms with E-state index in [-0.39, 0.29) is 0 Å². The summed E-state index contributed by atoms with van der Waals surface area (Å²) in [7, 11) is 1.90. The predicted octanol–water partition coefficient (Wildman–Crippen LogP) is 1.96. The van der Waals surface area contributed by atoms with Crippen LogP contribution in [0, 0.1) is 0 Å². The molecule has 0 bridgehead atoms. The van der Waals surface area contributed by atoms with E-state index >= 15 is 0 Å². The van der Waals surface area contributed by atoms with Gasteiger partial charge in [-0.05, 0) is 19.3 Å². The Morgan fingerprint density at radius 2 is 2.42 bits per heavy atom. The Hall–Kier alpha value is -0.790. The van der Waals surface area contributed by atoms with Crippen molar-refractivity contribution >= 4 is 5.91 Å². The zero-order valence-corrected chi connectivity index (χ0v) is 7.75. The van der Waals surface area contributed by atoms with Gasteiger partial charge in [0.25, 0.3) is 0 Å². The van der Waals surface area contributed by atoms with E-state index in [0.717, 1.165) is 25.7 Å². The van der Waals surface area contributed by atoms with Crippen molar-refractivity contribution in [2.45, 2.75) is 38.1 Å². The largest absolute Gasteiger partial charge is 0.342 e. The summed E-state index contributed by atoms with van der Waals surface area (Å²) in [6.45, 7) is 3.71. The van der Waals surface area contributed by atoms with Crippen molar-refractivity contribution in [3.63, 3.8) is 0 Å². The van der Waals surface area contributed by atoms with Gasteiger partial charge in [-0.25, -0.2) is 0 Å². The molecule has 1 aliphatic heterocycles. The minimum Gasteiger partial charge on any atom is -0.342 e. The van der Waals surface area contributed by atoms with Crippen LogP contribution in [-0.2, 0) is 4.79 Å². The van der Waals surface area contributed by atoms with Crippen molar-refractivity contribution in [2.75, 3.05) is 7.05 Å². The van der Waals surface area contributed by atoms with Crippen molar-refractivity contribution in [3.05, 3.63) is 12.7 Å². The Labute approximate surface area is 74.2 Å². The molecule has 0 N–H and O–H groups in total. The highest BCUT2D eigenvalue weighted by Crippen LogP contribution is 2.18. The lowest BCUT2D eigenvalue weighted by Gasteiger charge is -2.24. The molecule has 0 aromatic rings. The van der Waals surface area contributed by atoms with Crippen LogP contribution >= 0.6 is 0 Å². The van der Waals surface area contributed by atoms with Gasteiger partial charge in [0.1, 0.15) is 0 Å². The molecule has 68 valence electrons. The lowest BCUT2D eigenvalue weighted by molar-refractivity contribution is -0.131. The van der Waals surface area contributed by atoms with Crippen LogP contribution in [0.15, 0.2) is 12.7 Å². The van der Waals surface area contributed by atoms with Crippen LogP contribution in [0.1, 0.15) is 32.1 Å². The summed E-state index contributed by atoms with van der Waals surface area (Å²) >= 11 is 0.